The molecule has 0 bridgehead atoms. The van der Waals surface area contributed by atoms with Crippen molar-refractivity contribution >= 4 is 70.6 Å². The van der Waals surface area contributed by atoms with Crippen LogP contribution in [0.5, 0.6) is 11.5 Å². The van der Waals surface area contributed by atoms with Gasteiger partial charge < -0.3 is 19.3 Å². The lowest BCUT2D eigenvalue weighted by Gasteiger charge is -2.48. The summed E-state index contributed by atoms with van der Waals surface area (Å²) in [7, 11) is 0. The molecule has 3 saturated heterocycles. The minimum Gasteiger partial charge on any atom is -0.491 e. The Kier molecular flexibility index (Phi) is 9.37. The van der Waals surface area contributed by atoms with E-state index in [0.717, 1.165) is 23.0 Å². The summed E-state index contributed by atoms with van der Waals surface area (Å²) in [6.07, 6.45) is 8.29. The number of epoxide rings is 1. The average Bonchev–Trinajstić information content (AvgIpc) is 3.69. The number of aliphatic hydroxyl groups excluding tert-OH is 1. The van der Waals surface area contributed by atoms with E-state index in [-0.39, 0.29) is 29.9 Å². The first-order chi connectivity index (χ1) is 18.7. The SMILES string of the molecule is CSC1(SC)CSC1C(O)COc1ccc(C(C)(C)c2ccc(OCC3OC34SCC4(SC)SC)cc2)cc1. The molecule has 0 amide bonds. The Morgan fingerprint density at radius 1 is 0.897 bits per heavy atom. The Labute approximate surface area is 259 Å². The Bertz CT molecular complexity index is 1060. The molecule has 0 saturated carbocycles. The number of ether oxygens (including phenoxy) is 3. The maximum atomic E-state index is 10.7. The van der Waals surface area contributed by atoms with E-state index in [1.807, 2.05) is 82.7 Å². The van der Waals surface area contributed by atoms with Crippen LogP contribution in [-0.4, -0.2) is 85.4 Å². The fourth-order valence-corrected chi connectivity index (χ4v) is 14.9. The fraction of sp³-hybridized carbons (Fsp3) is 0.586. The van der Waals surface area contributed by atoms with Crippen LogP contribution in [0.15, 0.2) is 48.5 Å². The summed E-state index contributed by atoms with van der Waals surface area (Å²) < 4.78 is 18.5. The standard InChI is InChI=1S/C29H38O4S6/c1-26(2,19-7-11-21(12-8-19)31-15-23(30)25-27(34-3,35-4)17-38-25)20-9-13-22(14-10-20)32-16-24-29(33-24)28(36-5,37-6)18-39-29/h7-14,23-25,30H,15-18H2,1-6H3. The summed E-state index contributed by atoms with van der Waals surface area (Å²) in [6.45, 7) is 5.37. The van der Waals surface area contributed by atoms with Gasteiger partial charge in [0.25, 0.3) is 0 Å². The van der Waals surface area contributed by atoms with Crippen LogP contribution in [0, 0.1) is 0 Å². The monoisotopic (exact) mass is 642 g/mol. The van der Waals surface area contributed by atoms with Gasteiger partial charge in [-0.1, -0.05) is 38.1 Å². The molecule has 2 aromatic rings. The smallest absolute Gasteiger partial charge is 0.168 e. The van der Waals surface area contributed by atoms with Gasteiger partial charge in [0.15, 0.2) is 4.93 Å². The third-order valence-corrected chi connectivity index (χ3v) is 19.4. The number of aliphatic hydroxyl groups is 1. The van der Waals surface area contributed by atoms with Crippen molar-refractivity contribution in [3.8, 4) is 11.5 Å². The zero-order chi connectivity index (χ0) is 27.9. The highest BCUT2D eigenvalue weighted by Crippen LogP contribution is 2.71. The molecule has 4 unspecified atom stereocenters. The van der Waals surface area contributed by atoms with Crippen molar-refractivity contribution in [3.63, 3.8) is 0 Å². The van der Waals surface area contributed by atoms with E-state index in [1.54, 1.807) is 0 Å². The van der Waals surface area contributed by atoms with Crippen molar-refractivity contribution in [3.05, 3.63) is 59.7 Å². The summed E-state index contributed by atoms with van der Waals surface area (Å²) in [5.74, 6) is 3.86. The molecule has 214 valence electrons. The van der Waals surface area contributed by atoms with E-state index in [0.29, 0.717) is 13.2 Å². The molecular weight excluding hydrogens is 605 g/mol. The van der Waals surface area contributed by atoms with Crippen LogP contribution < -0.4 is 9.47 Å². The predicted molar refractivity (Wildman–Crippen MR) is 178 cm³/mol. The predicted octanol–water partition coefficient (Wildman–Crippen LogP) is 6.93. The van der Waals surface area contributed by atoms with Gasteiger partial charge in [0.1, 0.15) is 41.0 Å². The van der Waals surface area contributed by atoms with E-state index in [9.17, 15) is 5.11 Å². The molecule has 3 aliphatic rings. The molecule has 0 aromatic heterocycles. The molecule has 0 aliphatic carbocycles. The van der Waals surface area contributed by atoms with Crippen molar-refractivity contribution < 1.29 is 19.3 Å². The maximum Gasteiger partial charge on any atom is 0.168 e. The molecular formula is C29H38O4S6. The molecule has 0 radical (unpaired) electrons. The van der Waals surface area contributed by atoms with Crippen LogP contribution >= 0.6 is 70.6 Å². The molecule has 4 nitrogen and oxygen atoms in total. The summed E-state index contributed by atoms with van der Waals surface area (Å²) >= 11 is 11.3. The van der Waals surface area contributed by atoms with Gasteiger partial charge in [-0.25, -0.2) is 0 Å². The molecule has 3 fully saturated rings. The van der Waals surface area contributed by atoms with Gasteiger partial charge in [-0.05, 0) is 60.4 Å². The molecule has 5 rings (SSSR count). The van der Waals surface area contributed by atoms with Gasteiger partial charge >= 0.3 is 0 Å². The first-order valence-electron chi connectivity index (χ1n) is 13.0. The Morgan fingerprint density at radius 2 is 1.46 bits per heavy atom. The van der Waals surface area contributed by atoms with Crippen molar-refractivity contribution in [1.29, 1.82) is 0 Å². The number of hydrogen-bond acceptors (Lipinski definition) is 10. The zero-order valence-electron chi connectivity index (χ0n) is 23.3. The summed E-state index contributed by atoms with van der Waals surface area (Å²) in [5.41, 5.74) is 2.27. The van der Waals surface area contributed by atoms with E-state index in [2.05, 4.69) is 75.3 Å². The maximum absolute atomic E-state index is 10.7. The minimum atomic E-state index is -0.483. The van der Waals surface area contributed by atoms with Gasteiger partial charge in [0.05, 0.1) is 9.33 Å². The van der Waals surface area contributed by atoms with Crippen molar-refractivity contribution in [1.82, 2.24) is 0 Å². The van der Waals surface area contributed by atoms with Crippen LogP contribution in [0.2, 0.25) is 0 Å². The summed E-state index contributed by atoms with van der Waals surface area (Å²) in [4.78, 5) is -0.0777. The quantitative estimate of drug-likeness (QED) is 0.184. The van der Waals surface area contributed by atoms with Crippen LogP contribution in [0.4, 0.5) is 0 Å². The Morgan fingerprint density at radius 3 is 1.90 bits per heavy atom. The van der Waals surface area contributed by atoms with Crippen LogP contribution in [0.3, 0.4) is 0 Å². The van der Waals surface area contributed by atoms with E-state index in [1.165, 1.54) is 11.1 Å². The van der Waals surface area contributed by atoms with Crippen LogP contribution in [-0.2, 0) is 10.2 Å². The van der Waals surface area contributed by atoms with Crippen molar-refractivity contribution in [2.75, 3.05) is 49.7 Å². The van der Waals surface area contributed by atoms with Crippen molar-refractivity contribution in [2.24, 2.45) is 0 Å². The molecule has 3 heterocycles. The fourth-order valence-electron chi connectivity index (χ4n) is 5.30. The lowest BCUT2D eigenvalue weighted by molar-refractivity contribution is 0.101. The van der Waals surface area contributed by atoms with Gasteiger partial charge in [-0.2, -0.15) is 11.8 Å². The van der Waals surface area contributed by atoms with Gasteiger partial charge in [-0.15, -0.1) is 58.8 Å². The number of rotatable bonds is 13. The second-order valence-electron chi connectivity index (χ2n) is 10.5. The molecule has 4 atom stereocenters. The number of benzene rings is 2. The molecule has 10 heteroatoms. The van der Waals surface area contributed by atoms with Gasteiger partial charge in [-0.3, -0.25) is 0 Å². The topological polar surface area (TPSA) is 51.2 Å². The molecule has 2 aromatic carbocycles. The lowest BCUT2D eigenvalue weighted by atomic mass is 9.78. The molecule has 1 spiro atoms. The molecule has 1 N–H and O–H groups in total. The highest BCUT2D eigenvalue weighted by Gasteiger charge is 2.76. The van der Waals surface area contributed by atoms with E-state index < -0.39 is 6.10 Å². The summed E-state index contributed by atoms with van der Waals surface area (Å²) in [6, 6.07) is 16.7. The Balaban J connectivity index is 1.14. The average molecular weight is 643 g/mol. The normalized spacial score (nSPS) is 27.4. The highest BCUT2D eigenvalue weighted by atomic mass is 32.2. The first kappa shape index (κ1) is 30.5. The Hall–Kier alpha value is 0.0600. The molecule has 3 aliphatic heterocycles. The van der Waals surface area contributed by atoms with Crippen LogP contribution in [0.25, 0.3) is 0 Å². The van der Waals surface area contributed by atoms with Gasteiger partial charge in [0, 0.05) is 16.9 Å². The third-order valence-electron chi connectivity index (χ3n) is 8.26. The van der Waals surface area contributed by atoms with E-state index in [4.69, 9.17) is 14.2 Å². The third kappa shape index (κ3) is 5.48. The molecule has 39 heavy (non-hydrogen) atoms. The van der Waals surface area contributed by atoms with Gasteiger partial charge in [0.2, 0.25) is 0 Å². The first-order valence-corrected chi connectivity index (χ1v) is 19.9. The van der Waals surface area contributed by atoms with Crippen molar-refractivity contribution in [2.45, 2.75) is 49.8 Å². The van der Waals surface area contributed by atoms with Crippen LogP contribution in [0.1, 0.15) is 25.0 Å². The van der Waals surface area contributed by atoms with E-state index >= 15 is 0 Å². The highest BCUT2D eigenvalue weighted by molar-refractivity contribution is 8.22. The number of thioether (sulfide) groups is 6. The largest absolute Gasteiger partial charge is 0.491 e. The second-order valence-corrected chi connectivity index (χ2v) is 17.9. The summed E-state index contributed by atoms with van der Waals surface area (Å²) in [5, 5.41) is 10.9. The zero-order valence-corrected chi connectivity index (χ0v) is 28.2. The lowest BCUT2D eigenvalue weighted by Crippen LogP contribution is -2.53. The minimum absolute atomic E-state index is 0.0777. The second kappa shape index (κ2) is 12.0. The number of hydrogen-bond donors (Lipinski definition) is 1.